The van der Waals surface area contributed by atoms with E-state index in [0.717, 1.165) is 11.8 Å². The highest BCUT2D eigenvalue weighted by atomic mass is 79.9. The van der Waals surface area contributed by atoms with Crippen molar-refractivity contribution in [3.8, 4) is 0 Å². The summed E-state index contributed by atoms with van der Waals surface area (Å²) in [5.74, 6) is 1.72. The molecule has 1 N–H and O–H groups in total. The number of hydrogen-bond donors (Lipinski definition) is 1. The molecule has 0 amide bonds. The highest BCUT2D eigenvalue weighted by Gasteiger charge is 2.26. The van der Waals surface area contributed by atoms with Gasteiger partial charge in [-0.1, -0.05) is 13.8 Å². The molecule has 96 valence electrons. The number of thiophene rings is 1. The number of hydrogen-bond acceptors (Lipinski definition) is 2. The maximum Gasteiger partial charge on any atom is 0.0388 e. The van der Waals surface area contributed by atoms with Crippen molar-refractivity contribution in [3.05, 3.63) is 20.8 Å². The average molecular weight is 316 g/mol. The van der Waals surface area contributed by atoms with Crippen molar-refractivity contribution in [2.45, 2.75) is 52.1 Å². The average Bonchev–Trinajstić information content (AvgIpc) is 2.69. The van der Waals surface area contributed by atoms with E-state index in [4.69, 9.17) is 0 Å². The molecule has 1 aromatic rings. The van der Waals surface area contributed by atoms with E-state index in [1.807, 2.05) is 11.3 Å². The molecule has 4 atom stereocenters. The van der Waals surface area contributed by atoms with Gasteiger partial charge in [-0.05, 0) is 60.0 Å². The summed E-state index contributed by atoms with van der Waals surface area (Å²) in [5.41, 5.74) is 0. The Morgan fingerprint density at radius 1 is 1.41 bits per heavy atom. The van der Waals surface area contributed by atoms with Crippen LogP contribution in [0.3, 0.4) is 0 Å². The van der Waals surface area contributed by atoms with Gasteiger partial charge in [-0.25, -0.2) is 0 Å². The Kier molecular flexibility index (Phi) is 4.67. The van der Waals surface area contributed by atoms with Gasteiger partial charge in [0.15, 0.2) is 0 Å². The van der Waals surface area contributed by atoms with E-state index in [1.165, 1.54) is 28.6 Å². The van der Waals surface area contributed by atoms with Crippen LogP contribution in [-0.2, 0) is 0 Å². The van der Waals surface area contributed by atoms with E-state index in [9.17, 15) is 0 Å². The highest BCUT2D eigenvalue weighted by Crippen LogP contribution is 2.31. The maximum absolute atomic E-state index is 3.81. The molecule has 1 heterocycles. The van der Waals surface area contributed by atoms with Crippen LogP contribution in [0.15, 0.2) is 15.9 Å². The van der Waals surface area contributed by atoms with Gasteiger partial charge in [0, 0.05) is 26.8 Å². The van der Waals surface area contributed by atoms with Crippen LogP contribution < -0.4 is 5.32 Å². The summed E-state index contributed by atoms with van der Waals surface area (Å²) < 4.78 is 1.21. The normalized spacial score (nSPS) is 31.4. The molecule has 1 aliphatic carbocycles. The maximum atomic E-state index is 3.81. The van der Waals surface area contributed by atoms with Crippen molar-refractivity contribution < 1.29 is 0 Å². The van der Waals surface area contributed by atoms with Gasteiger partial charge in [0.2, 0.25) is 0 Å². The predicted octanol–water partition coefficient (Wildman–Crippen LogP) is 4.99. The Hall–Kier alpha value is 0.140. The molecule has 17 heavy (non-hydrogen) atoms. The van der Waals surface area contributed by atoms with Crippen LogP contribution in [0.5, 0.6) is 0 Å². The second-order valence-corrected chi connectivity index (χ2v) is 7.42. The zero-order chi connectivity index (χ0) is 12.4. The molecule has 1 saturated carbocycles. The molecule has 1 aliphatic rings. The van der Waals surface area contributed by atoms with Crippen molar-refractivity contribution in [1.82, 2.24) is 5.32 Å². The van der Waals surface area contributed by atoms with Gasteiger partial charge < -0.3 is 5.32 Å². The van der Waals surface area contributed by atoms with Gasteiger partial charge in [0.05, 0.1) is 0 Å². The van der Waals surface area contributed by atoms with E-state index < -0.39 is 0 Å². The standard InChI is InChI=1S/C14H22BrNS/c1-9-4-5-13(10(2)6-9)16-11(3)14-7-12(15)8-17-14/h7-11,13,16H,4-6H2,1-3H3. The lowest BCUT2D eigenvalue weighted by atomic mass is 9.79. The molecule has 0 radical (unpaired) electrons. The minimum atomic E-state index is 0.479. The fourth-order valence-corrected chi connectivity index (χ4v) is 4.33. The van der Waals surface area contributed by atoms with Crippen LogP contribution in [-0.4, -0.2) is 6.04 Å². The Labute approximate surface area is 117 Å². The van der Waals surface area contributed by atoms with Crippen LogP contribution >= 0.6 is 27.3 Å². The third-order valence-electron chi connectivity index (χ3n) is 3.91. The zero-order valence-electron chi connectivity index (χ0n) is 10.9. The highest BCUT2D eigenvalue weighted by molar-refractivity contribution is 9.10. The fraction of sp³-hybridized carbons (Fsp3) is 0.714. The Morgan fingerprint density at radius 3 is 2.76 bits per heavy atom. The summed E-state index contributed by atoms with van der Waals surface area (Å²) >= 11 is 5.37. The summed E-state index contributed by atoms with van der Waals surface area (Å²) in [6, 6.07) is 3.41. The third-order valence-corrected chi connectivity index (χ3v) is 5.79. The van der Waals surface area contributed by atoms with Crippen molar-refractivity contribution in [2.24, 2.45) is 11.8 Å². The number of halogens is 1. The van der Waals surface area contributed by atoms with Crippen LogP contribution in [0.4, 0.5) is 0 Å². The summed E-state index contributed by atoms with van der Waals surface area (Å²) in [6.07, 6.45) is 4.08. The van der Waals surface area contributed by atoms with Crippen molar-refractivity contribution in [3.63, 3.8) is 0 Å². The van der Waals surface area contributed by atoms with E-state index in [-0.39, 0.29) is 0 Å². The summed E-state index contributed by atoms with van der Waals surface area (Å²) in [5, 5.41) is 5.97. The minimum absolute atomic E-state index is 0.479. The molecule has 3 heteroatoms. The van der Waals surface area contributed by atoms with Crippen LogP contribution in [0.2, 0.25) is 0 Å². The molecule has 4 unspecified atom stereocenters. The first kappa shape index (κ1) is 13.6. The van der Waals surface area contributed by atoms with Gasteiger partial charge in [-0.15, -0.1) is 11.3 Å². The van der Waals surface area contributed by atoms with E-state index >= 15 is 0 Å². The molecular formula is C14H22BrNS. The van der Waals surface area contributed by atoms with Crippen molar-refractivity contribution >= 4 is 27.3 Å². The molecule has 0 bridgehead atoms. The second kappa shape index (κ2) is 5.85. The molecule has 0 saturated heterocycles. The molecule has 0 aromatic carbocycles. The van der Waals surface area contributed by atoms with Gasteiger partial charge in [-0.2, -0.15) is 0 Å². The lowest BCUT2D eigenvalue weighted by Gasteiger charge is -2.35. The smallest absolute Gasteiger partial charge is 0.0388 e. The number of nitrogens with one attached hydrogen (secondary N) is 1. The van der Waals surface area contributed by atoms with Gasteiger partial charge >= 0.3 is 0 Å². The first-order chi connectivity index (χ1) is 8.06. The lowest BCUT2D eigenvalue weighted by Crippen LogP contribution is -2.40. The summed E-state index contributed by atoms with van der Waals surface area (Å²) in [6.45, 7) is 7.06. The van der Waals surface area contributed by atoms with Gasteiger partial charge in [-0.3, -0.25) is 0 Å². The monoisotopic (exact) mass is 315 g/mol. The molecule has 2 rings (SSSR count). The Balaban J connectivity index is 1.92. The SMILES string of the molecule is CC1CCC(NC(C)c2cc(Br)cs2)C(C)C1. The molecule has 1 fully saturated rings. The zero-order valence-corrected chi connectivity index (χ0v) is 13.3. The van der Waals surface area contributed by atoms with Crippen LogP contribution in [0, 0.1) is 11.8 Å². The lowest BCUT2D eigenvalue weighted by molar-refractivity contribution is 0.217. The quantitative estimate of drug-likeness (QED) is 0.829. The van der Waals surface area contributed by atoms with Gasteiger partial charge in [0.25, 0.3) is 0 Å². The van der Waals surface area contributed by atoms with Crippen molar-refractivity contribution in [2.75, 3.05) is 0 Å². The Morgan fingerprint density at radius 2 is 2.18 bits per heavy atom. The number of rotatable bonds is 3. The Bertz CT molecular complexity index is 363. The van der Waals surface area contributed by atoms with Crippen LogP contribution in [0.1, 0.15) is 51.0 Å². The molecular weight excluding hydrogens is 294 g/mol. The molecule has 1 aromatic heterocycles. The van der Waals surface area contributed by atoms with Crippen LogP contribution in [0.25, 0.3) is 0 Å². The molecule has 0 aliphatic heterocycles. The second-order valence-electron chi connectivity index (χ2n) is 5.56. The van der Waals surface area contributed by atoms with E-state index in [1.54, 1.807) is 0 Å². The minimum Gasteiger partial charge on any atom is -0.306 e. The van der Waals surface area contributed by atoms with Gasteiger partial charge in [0.1, 0.15) is 0 Å². The molecule has 0 spiro atoms. The summed E-state index contributed by atoms with van der Waals surface area (Å²) in [7, 11) is 0. The summed E-state index contributed by atoms with van der Waals surface area (Å²) in [4.78, 5) is 1.43. The first-order valence-electron chi connectivity index (χ1n) is 6.56. The largest absolute Gasteiger partial charge is 0.306 e. The van der Waals surface area contributed by atoms with E-state index in [0.29, 0.717) is 12.1 Å². The first-order valence-corrected chi connectivity index (χ1v) is 8.23. The fourth-order valence-electron chi connectivity index (χ4n) is 2.87. The topological polar surface area (TPSA) is 12.0 Å². The third kappa shape index (κ3) is 3.55. The van der Waals surface area contributed by atoms with Crippen molar-refractivity contribution in [1.29, 1.82) is 0 Å². The van der Waals surface area contributed by atoms with E-state index in [2.05, 4.69) is 53.5 Å². The predicted molar refractivity (Wildman–Crippen MR) is 79.5 cm³/mol. The molecule has 1 nitrogen and oxygen atoms in total.